The van der Waals surface area contributed by atoms with Gasteiger partial charge < -0.3 is 0 Å². The topological polar surface area (TPSA) is 12.4 Å². The maximum absolute atomic E-state index is 5.02. The first kappa shape index (κ1) is 15.8. The van der Waals surface area contributed by atoms with Gasteiger partial charge in [-0.3, -0.25) is 4.99 Å². The van der Waals surface area contributed by atoms with Crippen molar-refractivity contribution in [2.24, 2.45) is 4.99 Å². The minimum Gasteiger partial charge on any atom is -0.281 e. The largest absolute Gasteiger partial charge is 0.281 e. The average Bonchev–Trinajstić information content (AvgIpc) is 3.13. The van der Waals surface area contributed by atoms with Crippen molar-refractivity contribution >= 4 is 5.71 Å². The first-order valence-electron chi connectivity index (χ1n) is 9.00. The SMILES string of the molecule is Cc1ccc(-c2ccc([C@H]3CCC(c4ccccc4C)=N3)cc2)cc1. The molecule has 1 aliphatic rings. The predicted molar refractivity (Wildman–Crippen MR) is 106 cm³/mol. The van der Waals surface area contributed by atoms with Crippen LogP contribution in [0, 0.1) is 13.8 Å². The molecule has 4 rings (SSSR count). The summed E-state index contributed by atoms with van der Waals surface area (Å²) in [6, 6.07) is 26.5. The van der Waals surface area contributed by atoms with Crippen LogP contribution in [0.3, 0.4) is 0 Å². The molecule has 3 aromatic rings. The van der Waals surface area contributed by atoms with Gasteiger partial charge in [0.2, 0.25) is 0 Å². The summed E-state index contributed by atoms with van der Waals surface area (Å²) in [6.07, 6.45) is 2.17. The van der Waals surface area contributed by atoms with Crippen LogP contribution in [0.2, 0.25) is 0 Å². The maximum atomic E-state index is 5.02. The molecule has 1 nitrogen and oxygen atoms in total. The monoisotopic (exact) mass is 325 g/mol. The molecule has 1 heteroatoms. The van der Waals surface area contributed by atoms with Crippen molar-refractivity contribution in [1.29, 1.82) is 0 Å². The molecule has 0 spiro atoms. The Hall–Kier alpha value is -2.67. The molecule has 0 unspecified atom stereocenters. The molecular formula is C24H23N. The molecule has 0 aromatic heterocycles. The van der Waals surface area contributed by atoms with E-state index < -0.39 is 0 Å². The minimum absolute atomic E-state index is 0.293. The first-order chi connectivity index (χ1) is 12.2. The number of aryl methyl sites for hydroxylation is 2. The van der Waals surface area contributed by atoms with E-state index in [-0.39, 0.29) is 0 Å². The Labute approximate surface area is 150 Å². The fourth-order valence-electron chi connectivity index (χ4n) is 3.58. The summed E-state index contributed by atoms with van der Waals surface area (Å²) in [4.78, 5) is 5.02. The van der Waals surface area contributed by atoms with Gasteiger partial charge in [0.15, 0.2) is 0 Å². The molecule has 1 aliphatic heterocycles. The zero-order chi connectivity index (χ0) is 17.2. The summed E-state index contributed by atoms with van der Waals surface area (Å²) in [5, 5.41) is 0. The fourth-order valence-corrected chi connectivity index (χ4v) is 3.58. The van der Waals surface area contributed by atoms with E-state index >= 15 is 0 Å². The number of rotatable bonds is 3. The van der Waals surface area contributed by atoms with E-state index in [1.807, 2.05) is 0 Å². The highest BCUT2D eigenvalue weighted by Crippen LogP contribution is 2.32. The van der Waals surface area contributed by atoms with Gasteiger partial charge in [0.25, 0.3) is 0 Å². The number of hydrogen-bond donors (Lipinski definition) is 0. The quantitative estimate of drug-likeness (QED) is 0.536. The summed E-state index contributed by atoms with van der Waals surface area (Å²) in [5.41, 5.74) is 9.03. The normalized spacial score (nSPS) is 16.7. The summed E-state index contributed by atoms with van der Waals surface area (Å²) in [7, 11) is 0. The van der Waals surface area contributed by atoms with Crippen LogP contribution in [0.4, 0.5) is 0 Å². The molecule has 0 amide bonds. The van der Waals surface area contributed by atoms with Gasteiger partial charge in [-0.2, -0.15) is 0 Å². The van der Waals surface area contributed by atoms with Gasteiger partial charge in [-0.15, -0.1) is 0 Å². The molecule has 0 saturated heterocycles. The van der Waals surface area contributed by atoms with Gasteiger partial charge >= 0.3 is 0 Å². The lowest BCUT2D eigenvalue weighted by Crippen LogP contribution is -1.98. The molecule has 0 radical (unpaired) electrons. The van der Waals surface area contributed by atoms with Crippen LogP contribution in [0.5, 0.6) is 0 Å². The van der Waals surface area contributed by atoms with E-state index in [1.165, 1.54) is 39.1 Å². The molecule has 3 aromatic carbocycles. The van der Waals surface area contributed by atoms with Crippen molar-refractivity contribution in [3.8, 4) is 11.1 Å². The van der Waals surface area contributed by atoms with Gasteiger partial charge in [-0.1, -0.05) is 78.4 Å². The summed E-state index contributed by atoms with van der Waals surface area (Å²) < 4.78 is 0. The maximum Gasteiger partial charge on any atom is 0.0756 e. The van der Waals surface area contributed by atoms with E-state index in [0.717, 1.165) is 12.8 Å². The average molecular weight is 325 g/mol. The Morgan fingerprint density at radius 3 is 2.08 bits per heavy atom. The van der Waals surface area contributed by atoms with Crippen molar-refractivity contribution in [3.05, 3.63) is 95.1 Å². The van der Waals surface area contributed by atoms with Crippen LogP contribution in [0.15, 0.2) is 77.8 Å². The van der Waals surface area contributed by atoms with Crippen molar-refractivity contribution in [2.45, 2.75) is 32.7 Å². The Kier molecular flexibility index (Phi) is 4.23. The van der Waals surface area contributed by atoms with Crippen molar-refractivity contribution in [1.82, 2.24) is 0 Å². The second-order valence-electron chi connectivity index (χ2n) is 6.93. The molecule has 0 fully saturated rings. The minimum atomic E-state index is 0.293. The van der Waals surface area contributed by atoms with Crippen molar-refractivity contribution in [2.75, 3.05) is 0 Å². The number of hydrogen-bond acceptors (Lipinski definition) is 1. The van der Waals surface area contributed by atoms with Crippen LogP contribution in [-0.4, -0.2) is 5.71 Å². The molecule has 0 saturated carbocycles. The predicted octanol–water partition coefficient (Wildman–Crippen LogP) is 6.29. The second kappa shape index (κ2) is 6.68. The van der Waals surface area contributed by atoms with Crippen LogP contribution in [0.1, 0.15) is 41.1 Å². The van der Waals surface area contributed by atoms with Crippen LogP contribution in [0.25, 0.3) is 11.1 Å². The summed E-state index contributed by atoms with van der Waals surface area (Å²) in [5.74, 6) is 0. The Morgan fingerprint density at radius 1 is 0.760 bits per heavy atom. The highest BCUT2D eigenvalue weighted by molar-refractivity contribution is 6.02. The van der Waals surface area contributed by atoms with Gasteiger partial charge in [0.05, 0.1) is 6.04 Å². The molecule has 1 heterocycles. The van der Waals surface area contributed by atoms with Gasteiger partial charge in [0.1, 0.15) is 0 Å². The zero-order valence-electron chi connectivity index (χ0n) is 14.9. The van der Waals surface area contributed by atoms with E-state index in [1.54, 1.807) is 0 Å². The fraction of sp³-hybridized carbons (Fsp3) is 0.208. The molecule has 124 valence electrons. The lowest BCUT2D eigenvalue weighted by Gasteiger charge is -2.09. The third kappa shape index (κ3) is 3.28. The molecule has 25 heavy (non-hydrogen) atoms. The highest BCUT2D eigenvalue weighted by Gasteiger charge is 2.20. The van der Waals surface area contributed by atoms with Gasteiger partial charge in [0, 0.05) is 5.71 Å². The van der Waals surface area contributed by atoms with Gasteiger partial charge in [-0.05, 0) is 54.5 Å². The van der Waals surface area contributed by atoms with E-state index in [2.05, 4.69) is 86.6 Å². The zero-order valence-corrected chi connectivity index (χ0v) is 14.9. The lowest BCUT2D eigenvalue weighted by atomic mass is 9.98. The van der Waals surface area contributed by atoms with E-state index in [4.69, 9.17) is 4.99 Å². The van der Waals surface area contributed by atoms with E-state index in [9.17, 15) is 0 Å². The third-order valence-electron chi connectivity index (χ3n) is 5.10. The Balaban J connectivity index is 1.57. The molecule has 0 N–H and O–H groups in total. The number of nitrogens with zero attached hydrogens (tertiary/aromatic N) is 1. The van der Waals surface area contributed by atoms with Crippen LogP contribution >= 0.6 is 0 Å². The molecule has 0 bridgehead atoms. The molecule has 1 atom stereocenters. The second-order valence-corrected chi connectivity index (χ2v) is 6.93. The Bertz CT molecular complexity index is 902. The summed E-state index contributed by atoms with van der Waals surface area (Å²) >= 11 is 0. The lowest BCUT2D eigenvalue weighted by molar-refractivity contribution is 0.723. The Morgan fingerprint density at radius 2 is 1.40 bits per heavy atom. The van der Waals surface area contributed by atoms with E-state index in [0.29, 0.717) is 6.04 Å². The smallest absolute Gasteiger partial charge is 0.0756 e. The molecule has 0 aliphatic carbocycles. The van der Waals surface area contributed by atoms with Crippen molar-refractivity contribution in [3.63, 3.8) is 0 Å². The van der Waals surface area contributed by atoms with Crippen molar-refractivity contribution < 1.29 is 0 Å². The number of benzene rings is 3. The number of aliphatic imine (C=N–C) groups is 1. The first-order valence-corrected chi connectivity index (χ1v) is 9.00. The molecular weight excluding hydrogens is 302 g/mol. The van der Waals surface area contributed by atoms with Gasteiger partial charge in [-0.25, -0.2) is 0 Å². The van der Waals surface area contributed by atoms with Crippen LogP contribution in [-0.2, 0) is 0 Å². The van der Waals surface area contributed by atoms with Crippen LogP contribution < -0.4 is 0 Å². The summed E-state index contributed by atoms with van der Waals surface area (Å²) in [6.45, 7) is 4.29. The third-order valence-corrected chi connectivity index (χ3v) is 5.10. The standard InChI is InChI=1S/C24H23N/c1-17-7-9-19(10-8-17)20-11-13-21(14-12-20)23-15-16-24(25-23)22-6-4-3-5-18(22)2/h3-14,23H,15-16H2,1-2H3/t23-/m1/s1. The highest BCUT2D eigenvalue weighted by atomic mass is 14.8.